The summed E-state index contributed by atoms with van der Waals surface area (Å²) < 4.78 is 16.7. The highest BCUT2D eigenvalue weighted by Crippen LogP contribution is 2.39. The van der Waals surface area contributed by atoms with Crippen LogP contribution in [0.3, 0.4) is 0 Å². The third-order valence-corrected chi connectivity index (χ3v) is 5.55. The molecule has 5 heteroatoms. The average Bonchev–Trinajstić information content (AvgIpc) is 3.33. The van der Waals surface area contributed by atoms with Crippen molar-refractivity contribution in [2.75, 3.05) is 26.5 Å². The van der Waals surface area contributed by atoms with Gasteiger partial charge in [-0.15, -0.1) is 0 Å². The summed E-state index contributed by atoms with van der Waals surface area (Å²) in [6, 6.07) is 6.71. The van der Waals surface area contributed by atoms with Crippen molar-refractivity contribution in [3.8, 4) is 11.5 Å². The number of aldehydes is 1. The summed E-state index contributed by atoms with van der Waals surface area (Å²) in [6.45, 7) is 2.68. The Bertz CT molecular complexity index is 585. The van der Waals surface area contributed by atoms with Crippen molar-refractivity contribution in [2.45, 2.75) is 50.2 Å². The van der Waals surface area contributed by atoms with E-state index in [0.717, 1.165) is 50.2 Å². The first kappa shape index (κ1) is 15.9. The van der Waals surface area contributed by atoms with E-state index in [-0.39, 0.29) is 0 Å². The molecule has 3 aliphatic heterocycles. The number of hydrogen-bond donors (Lipinski definition) is 0. The number of likely N-dealkylation sites (tertiary alicyclic amines) is 1. The molecular formula is C19H25NO4. The van der Waals surface area contributed by atoms with Gasteiger partial charge in [0, 0.05) is 19.2 Å². The molecule has 3 heterocycles. The fraction of sp³-hybridized carbons (Fsp3) is 0.632. The van der Waals surface area contributed by atoms with Crippen molar-refractivity contribution in [3.63, 3.8) is 0 Å². The molecule has 3 aliphatic rings. The Morgan fingerprint density at radius 1 is 1.21 bits per heavy atom. The lowest BCUT2D eigenvalue weighted by Crippen LogP contribution is -2.31. The monoisotopic (exact) mass is 331 g/mol. The van der Waals surface area contributed by atoms with Crippen molar-refractivity contribution < 1.29 is 19.0 Å². The molecule has 2 saturated heterocycles. The maximum atomic E-state index is 11.1. The number of benzene rings is 1. The number of carbonyl (C=O) groups excluding carboxylic acids is 1. The lowest BCUT2D eigenvalue weighted by molar-refractivity contribution is -0.109. The predicted octanol–water partition coefficient (Wildman–Crippen LogP) is 2.73. The lowest BCUT2D eigenvalue weighted by atomic mass is 9.94. The number of hydrogen-bond acceptors (Lipinski definition) is 5. The zero-order valence-electron chi connectivity index (χ0n) is 14.0. The second kappa shape index (κ2) is 7.11. The topological polar surface area (TPSA) is 48.0 Å². The number of carbonyl (C=O) groups is 1. The van der Waals surface area contributed by atoms with Crippen molar-refractivity contribution in [1.82, 2.24) is 4.90 Å². The van der Waals surface area contributed by atoms with E-state index in [2.05, 4.69) is 17.0 Å². The van der Waals surface area contributed by atoms with Gasteiger partial charge < -0.3 is 19.0 Å². The normalized spacial score (nSPS) is 29.2. The van der Waals surface area contributed by atoms with E-state index in [1.165, 1.54) is 18.4 Å². The van der Waals surface area contributed by atoms with Crippen molar-refractivity contribution in [3.05, 3.63) is 23.8 Å². The van der Waals surface area contributed by atoms with Crippen molar-refractivity contribution >= 4 is 6.29 Å². The molecule has 0 spiro atoms. The second-order valence-electron chi connectivity index (χ2n) is 7.03. The molecule has 0 radical (unpaired) electrons. The molecule has 4 rings (SSSR count). The summed E-state index contributed by atoms with van der Waals surface area (Å²) in [5.74, 6) is 2.13. The molecule has 1 aromatic rings. The Morgan fingerprint density at radius 3 is 2.96 bits per heavy atom. The quantitative estimate of drug-likeness (QED) is 0.750. The maximum Gasteiger partial charge on any atom is 0.231 e. The van der Waals surface area contributed by atoms with Gasteiger partial charge in [0.2, 0.25) is 6.79 Å². The summed E-state index contributed by atoms with van der Waals surface area (Å²) in [7, 11) is 0. The Balaban J connectivity index is 1.42. The van der Waals surface area contributed by atoms with Gasteiger partial charge in [0.05, 0.1) is 12.6 Å². The first-order chi connectivity index (χ1) is 11.8. The van der Waals surface area contributed by atoms with Gasteiger partial charge in [0.1, 0.15) is 6.29 Å². The Morgan fingerprint density at radius 2 is 2.12 bits per heavy atom. The zero-order chi connectivity index (χ0) is 16.4. The highest BCUT2D eigenvalue weighted by Gasteiger charge is 2.33. The average molecular weight is 331 g/mol. The van der Waals surface area contributed by atoms with Gasteiger partial charge in [-0.3, -0.25) is 4.90 Å². The molecule has 5 nitrogen and oxygen atoms in total. The highest BCUT2D eigenvalue weighted by atomic mass is 16.7. The Hall–Kier alpha value is -1.59. The van der Waals surface area contributed by atoms with Gasteiger partial charge in [0.15, 0.2) is 11.5 Å². The minimum Gasteiger partial charge on any atom is -0.454 e. The van der Waals surface area contributed by atoms with Gasteiger partial charge in [-0.05, 0) is 55.7 Å². The first-order valence-corrected chi connectivity index (χ1v) is 9.02. The van der Waals surface area contributed by atoms with E-state index in [1.54, 1.807) is 0 Å². The fourth-order valence-corrected chi connectivity index (χ4v) is 4.26. The molecule has 0 saturated carbocycles. The van der Waals surface area contributed by atoms with E-state index < -0.39 is 0 Å². The van der Waals surface area contributed by atoms with Gasteiger partial charge in [-0.2, -0.15) is 0 Å². The van der Waals surface area contributed by atoms with E-state index in [4.69, 9.17) is 14.2 Å². The molecule has 0 amide bonds. The van der Waals surface area contributed by atoms with Gasteiger partial charge in [0.25, 0.3) is 0 Å². The predicted molar refractivity (Wildman–Crippen MR) is 89.6 cm³/mol. The molecule has 0 aromatic heterocycles. The number of nitrogens with zero attached hydrogens (tertiary/aromatic N) is 1. The van der Waals surface area contributed by atoms with Gasteiger partial charge in [-0.25, -0.2) is 0 Å². The molecule has 0 aliphatic carbocycles. The van der Waals surface area contributed by atoms with E-state index in [0.29, 0.717) is 31.4 Å². The maximum absolute atomic E-state index is 11.1. The molecule has 0 N–H and O–H groups in total. The Labute approximate surface area is 142 Å². The summed E-state index contributed by atoms with van der Waals surface area (Å²) in [4.78, 5) is 13.4. The van der Waals surface area contributed by atoms with Crippen LogP contribution in [0.25, 0.3) is 0 Å². The van der Waals surface area contributed by atoms with E-state index in [1.807, 2.05) is 6.07 Å². The number of rotatable bonds is 6. The fourth-order valence-electron chi connectivity index (χ4n) is 4.26. The van der Waals surface area contributed by atoms with Crippen LogP contribution in [0.2, 0.25) is 0 Å². The molecule has 3 unspecified atom stereocenters. The van der Waals surface area contributed by atoms with Crippen LogP contribution < -0.4 is 9.47 Å². The second-order valence-corrected chi connectivity index (χ2v) is 7.03. The van der Waals surface area contributed by atoms with Crippen molar-refractivity contribution in [1.29, 1.82) is 0 Å². The molecular weight excluding hydrogens is 306 g/mol. The largest absolute Gasteiger partial charge is 0.454 e. The van der Waals surface area contributed by atoms with Crippen LogP contribution in [0.1, 0.15) is 43.6 Å². The third kappa shape index (κ3) is 3.28. The first-order valence-electron chi connectivity index (χ1n) is 9.02. The number of fused-ring (bicyclic) bond motifs is 1. The smallest absolute Gasteiger partial charge is 0.231 e. The molecule has 2 fully saturated rings. The van der Waals surface area contributed by atoms with E-state index in [9.17, 15) is 4.79 Å². The van der Waals surface area contributed by atoms with Gasteiger partial charge >= 0.3 is 0 Å². The van der Waals surface area contributed by atoms with Crippen LogP contribution in [0, 0.1) is 0 Å². The van der Waals surface area contributed by atoms with Crippen molar-refractivity contribution in [2.24, 2.45) is 0 Å². The molecule has 1 aromatic carbocycles. The van der Waals surface area contributed by atoms with Crippen LogP contribution in [-0.2, 0) is 9.53 Å². The summed E-state index contributed by atoms with van der Waals surface area (Å²) in [5, 5.41) is 0. The SMILES string of the molecule is O=CCN1CC(c2ccc3c(c2)OCO3)CC1CCC1CCCO1. The molecule has 24 heavy (non-hydrogen) atoms. The highest BCUT2D eigenvalue weighted by molar-refractivity contribution is 5.52. The van der Waals surface area contributed by atoms with Crippen LogP contribution in [0.5, 0.6) is 11.5 Å². The zero-order valence-corrected chi connectivity index (χ0v) is 14.0. The summed E-state index contributed by atoms with van der Waals surface area (Å²) in [6.07, 6.45) is 7.14. The minimum absolute atomic E-state index is 0.310. The van der Waals surface area contributed by atoms with Crippen LogP contribution >= 0.6 is 0 Å². The standard InChI is InChI=1S/C19H25NO4/c21-8-7-20-12-15(10-16(20)4-5-17-2-1-9-22-17)14-3-6-18-19(11-14)24-13-23-18/h3,6,8,11,15-17H,1-2,4-5,7,9-10,12-13H2. The van der Waals surface area contributed by atoms with Crippen LogP contribution in [-0.4, -0.2) is 49.8 Å². The molecule has 0 bridgehead atoms. The van der Waals surface area contributed by atoms with Crippen LogP contribution in [0.4, 0.5) is 0 Å². The molecule has 3 atom stereocenters. The number of ether oxygens (including phenoxy) is 3. The lowest BCUT2D eigenvalue weighted by Gasteiger charge is -2.22. The summed E-state index contributed by atoms with van der Waals surface area (Å²) in [5.41, 5.74) is 1.29. The third-order valence-electron chi connectivity index (χ3n) is 5.55. The van der Waals surface area contributed by atoms with Crippen LogP contribution in [0.15, 0.2) is 18.2 Å². The Kier molecular flexibility index (Phi) is 4.72. The van der Waals surface area contributed by atoms with E-state index >= 15 is 0 Å². The molecule has 130 valence electrons. The van der Waals surface area contributed by atoms with Gasteiger partial charge in [-0.1, -0.05) is 6.07 Å². The minimum atomic E-state index is 0.310. The summed E-state index contributed by atoms with van der Waals surface area (Å²) >= 11 is 0.